The fraction of sp³-hybridized carbons (Fsp3) is 0.111. The fourth-order valence-electron chi connectivity index (χ4n) is 1.08. The highest BCUT2D eigenvalue weighted by molar-refractivity contribution is 9.10. The largest absolute Gasteiger partial charge is 0.406 e. The summed E-state index contributed by atoms with van der Waals surface area (Å²) < 4.78 is 18.7. The predicted molar refractivity (Wildman–Crippen MR) is 59.6 cm³/mol. The Morgan fingerprint density at radius 2 is 2.25 bits per heavy atom. The van der Waals surface area contributed by atoms with E-state index in [2.05, 4.69) is 31.4 Å². The average molecular weight is 287 g/mol. The second-order valence-corrected chi connectivity index (χ2v) is 3.81. The molecule has 84 valence electrons. The molecule has 0 saturated heterocycles. The number of benzene rings is 1. The van der Waals surface area contributed by atoms with Gasteiger partial charge in [0.25, 0.3) is 0 Å². The molecule has 0 aliphatic carbocycles. The maximum atomic E-state index is 13.2. The van der Waals surface area contributed by atoms with Crippen LogP contribution >= 0.6 is 15.9 Å². The molecule has 0 spiro atoms. The second kappa shape index (κ2) is 4.58. The normalized spacial score (nSPS) is 10.4. The lowest BCUT2D eigenvalue weighted by Gasteiger charge is -2.01. The maximum Gasteiger partial charge on any atom is 0.320 e. The van der Waals surface area contributed by atoms with Gasteiger partial charge in [-0.05, 0) is 34.1 Å². The summed E-state index contributed by atoms with van der Waals surface area (Å²) in [5.41, 5.74) is 5.83. The Kier molecular flexibility index (Phi) is 3.16. The van der Waals surface area contributed by atoms with E-state index in [0.29, 0.717) is 16.1 Å². The van der Waals surface area contributed by atoms with Crippen LogP contribution in [0.3, 0.4) is 0 Å². The standard InChI is InChI=1S/C9H8BrFN4O/c10-6-2-1-5(3-7(6)11)13-9-15-14-8(4-12)16-9/h1-3H,4,12H2,(H,13,15). The van der Waals surface area contributed by atoms with E-state index in [0.717, 1.165) is 0 Å². The number of rotatable bonds is 3. The highest BCUT2D eigenvalue weighted by atomic mass is 79.9. The first-order valence-electron chi connectivity index (χ1n) is 4.43. The van der Waals surface area contributed by atoms with Gasteiger partial charge in [-0.2, -0.15) is 0 Å². The van der Waals surface area contributed by atoms with Crippen molar-refractivity contribution in [2.45, 2.75) is 6.54 Å². The Bertz CT molecular complexity index is 502. The molecule has 1 aromatic heterocycles. The molecule has 0 aliphatic rings. The quantitative estimate of drug-likeness (QED) is 0.904. The van der Waals surface area contributed by atoms with Crippen molar-refractivity contribution in [1.82, 2.24) is 10.2 Å². The van der Waals surface area contributed by atoms with Crippen LogP contribution < -0.4 is 11.1 Å². The lowest BCUT2D eigenvalue weighted by molar-refractivity contribution is 0.511. The zero-order chi connectivity index (χ0) is 11.5. The molecule has 16 heavy (non-hydrogen) atoms. The van der Waals surface area contributed by atoms with Gasteiger partial charge in [0.1, 0.15) is 5.82 Å². The second-order valence-electron chi connectivity index (χ2n) is 2.96. The minimum absolute atomic E-state index is 0.170. The summed E-state index contributed by atoms with van der Waals surface area (Å²) in [5.74, 6) is -0.0522. The van der Waals surface area contributed by atoms with Gasteiger partial charge in [0.2, 0.25) is 5.89 Å². The fourth-order valence-corrected chi connectivity index (χ4v) is 1.33. The van der Waals surface area contributed by atoms with Crippen molar-refractivity contribution >= 4 is 27.6 Å². The first-order valence-corrected chi connectivity index (χ1v) is 5.23. The number of halogens is 2. The molecule has 0 bridgehead atoms. The number of nitrogens with one attached hydrogen (secondary N) is 1. The molecule has 5 nitrogen and oxygen atoms in total. The van der Waals surface area contributed by atoms with Crippen molar-refractivity contribution in [2.24, 2.45) is 5.73 Å². The number of aromatic nitrogens is 2. The van der Waals surface area contributed by atoms with Gasteiger partial charge in [0.15, 0.2) is 0 Å². The Balaban J connectivity index is 2.17. The van der Waals surface area contributed by atoms with Gasteiger partial charge in [-0.3, -0.25) is 0 Å². The van der Waals surface area contributed by atoms with Crippen LogP contribution in [0.2, 0.25) is 0 Å². The predicted octanol–water partition coefficient (Wildman–Crippen LogP) is 2.17. The molecule has 7 heteroatoms. The van der Waals surface area contributed by atoms with E-state index in [-0.39, 0.29) is 18.4 Å². The summed E-state index contributed by atoms with van der Waals surface area (Å²) in [4.78, 5) is 0. The third-order valence-corrected chi connectivity index (χ3v) is 2.46. The molecule has 0 radical (unpaired) electrons. The first-order chi connectivity index (χ1) is 7.69. The molecule has 0 unspecified atom stereocenters. The van der Waals surface area contributed by atoms with Gasteiger partial charge in [-0.25, -0.2) is 4.39 Å². The van der Waals surface area contributed by atoms with Crippen molar-refractivity contribution in [2.75, 3.05) is 5.32 Å². The van der Waals surface area contributed by atoms with Crippen LogP contribution in [0.5, 0.6) is 0 Å². The SMILES string of the molecule is NCc1nnc(Nc2ccc(Br)c(F)c2)o1. The number of nitrogens with two attached hydrogens (primary N) is 1. The lowest BCUT2D eigenvalue weighted by atomic mass is 10.3. The smallest absolute Gasteiger partial charge is 0.320 e. The van der Waals surface area contributed by atoms with Crippen molar-refractivity contribution in [3.63, 3.8) is 0 Å². The van der Waals surface area contributed by atoms with Crippen LogP contribution in [0.25, 0.3) is 0 Å². The van der Waals surface area contributed by atoms with Crippen molar-refractivity contribution < 1.29 is 8.81 Å². The highest BCUT2D eigenvalue weighted by Crippen LogP contribution is 2.21. The summed E-state index contributed by atoms with van der Waals surface area (Å²) in [5, 5.41) is 10.1. The van der Waals surface area contributed by atoms with Crippen LogP contribution in [-0.4, -0.2) is 10.2 Å². The zero-order valence-electron chi connectivity index (χ0n) is 8.08. The van der Waals surface area contributed by atoms with Crippen LogP contribution in [0.15, 0.2) is 27.1 Å². The molecule has 0 atom stereocenters. The van der Waals surface area contributed by atoms with Crippen molar-refractivity contribution in [1.29, 1.82) is 0 Å². The van der Waals surface area contributed by atoms with Gasteiger partial charge in [-0.15, -0.1) is 5.10 Å². The Hall–Kier alpha value is -1.47. The summed E-state index contributed by atoms with van der Waals surface area (Å²) in [6, 6.07) is 4.76. The molecule has 0 amide bonds. The average Bonchev–Trinajstić information content (AvgIpc) is 2.71. The zero-order valence-corrected chi connectivity index (χ0v) is 9.66. The Morgan fingerprint density at radius 1 is 1.44 bits per heavy atom. The van der Waals surface area contributed by atoms with Crippen LogP contribution in [0.4, 0.5) is 16.1 Å². The van der Waals surface area contributed by atoms with Crippen molar-refractivity contribution in [3.05, 3.63) is 34.4 Å². The molecular weight excluding hydrogens is 279 g/mol. The number of hydrogen-bond acceptors (Lipinski definition) is 5. The number of hydrogen-bond donors (Lipinski definition) is 2. The Labute approximate surface area is 99.0 Å². The topological polar surface area (TPSA) is 77.0 Å². The molecular formula is C9H8BrFN4O. The minimum Gasteiger partial charge on any atom is -0.406 e. The van der Waals surface area contributed by atoms with E-state index in [1.54, 1.807) is 12.1 Å². The van der Waals surface area contributed by atoms with E-state index in [4.69, 9.17) is 10.2 Å². The van der Waals surface area contributed by atoms with Crippen LogP contribution in [0.1, 0.15) is 5.89 Å². The van der Waals surface area contributed by atoms with E-state index in [9.17, 15) is 4.39 Å². The number of nitrogens with zero attached hydrogens (tertiary/aromatic N) is 2. The summed E-state index contributed by atoms with van der Waals surface area (Å²) >= 11 is 3.06. The lowest BCUT2D eigenvalue weighted by Crippen LogP contribution is -1.95. The van der Waals surface area contributed by atoms with Crippen LogP contribution in [0, 0.1) is 5.82 Å². The maximum absolute atomic E-state index is 13.2. The van der Waals surface area contributed by atoms with E-state index in [1.807, 2.05) is 0 Å². The van der Waals surface area contributed by atoms with Crippen LogP contribution in [-0.2, 0) is 6.54 Å². The minimum atomic E-state index is -0.372. The third kappa shape index (κ3) is 2.37. The molecule has 3 N–H and O–H groups in total. The van der Waals surface area contributed by atoms with Gasteiger partial charge in [0.05, 0.1) is 11.0 Å². The first kappa shape index (κ1) is 11.0. The number of anilines is 2. The van der Waals surface area contributed by atoms with E-state index in [1.165, 1.54) is 6.07 Å². The molecule has 0 saturated carbocycles. The molecule has 0 fully saturated rings. The molecule has 1 heterocycles. The van der Waals surface area contributed by atoms with Gasteiger partial charge >= 0.3 is 6.01 Å². The molecule has 2 rings (SSSR count). The van der Waals surface area contributed by atoms with E-state index >= 15 is 0 Å². The molecule has 2 aromatic rings. The van der Waals surface area contributed by atoms with Crippen molar-refractivity contribution in [3.8, 4) is 0 Å². The molecule has 0 aliphatic heterocycles. The van der Waals surface area contributed by atoms with Gasteiger partial charge in [-0.1, -0.05) is 5.10 Å². The van der Waals surface area contributed by atoms with Gasteiger partial charge in [0, 0.05) is 5.69 Å². The highest BCUT2D eigenvalue weighted by Gasteiger charge is 2.06. The summed E-state index contributed by atoms with van der Waals surface area (Å²) in [7, 11) is 0. The monoisotopic (exact) mass is 286 g/mol. The summed E-state index contributed by atoms with van der Waals surface area (Å²) in [6.07, 6.45) is 0. The van der Waals surface area contributed by atoms with Gasteiger partial charge < -0.3 is 15.5 Å². The third-order valence-electron chi connectivity index (χ3n) is 1.81. The molecule has 1 aromatic carbocycles. The van der Waals surface area contributed by atoms with E-state index < -0.39 is 0 Å². The Morgan fingerprint density at radius 3 is 2.88 bits per heavy atom. The summed E-state index contributed by atoms with van der Waals surface area (Å²) in [6.45, 7) is 0.170.